The molecule has 0 aliphatic rings. The largest absolute Gasteiger partial charge is 0.478 e. The van der Waals surface area contributed by atoms with Crippen LogP contribution >= 0.6 is 0 Å². The molecule has 0 unspecified atom stereocenters. The zero-order valence-electron chi connectivity index (χ0n) is 32.4. The fraction of sp³-hybridized carbons (Fsp3) is 0.156. The third-order valence-electron chi connectivity index (χ3n) is 9.32. The SMILES string of the molecule is Cc1ccc(S(=O)(=O)Nc2cccc(CCc3ccccc3C(=O)O)c2)c(C)c1.O=C(O)c1ccccc1CCc1cccc(NS(=O)(=O)c2ccccc2C(F)(F)F)c1. The zero-order valence-corrected chi connectivity index (χ0v) is 34.0. The van der Waals surface area contributed by atoms with Gasteiger partial charge < -0.3 is 10.2 Å². The van der Waals surface area contributed by atoms with Gasteiger partial charge in [-0.05, 0) is 122 Å². The number of rotatable bonds is 14. The number of nitrogens with one attached hydrogen (secondary N) is 2. The Hall–Kier alpha value is -6.45. The van der Waals surface area contributed by atoms with Crippen molar-refractivity contribution in [3.63, 3.8) is 0 Å². The van der Waals surface area contributed by atoms with E-state index >= 15 is 0 Å². The molecule has 60 heavy (non-hydrogen) atoms. The average molecular weight is 859 g/mol. The minimum absolute atomic E-state index is 0.112. The topological polar surface area (TPSA) is 167 Å². The second kappa shape index (κ2) is 19.1. The molecule has 312 valence electrons. The van der Waals surface area contributed by atoms with Crippen LogP contribution in [-0.2, 0) is 51.9 Å². The molecule has 0 saturated heterocycles. The molecule has 0 aliphatic carbocycles. The number of alkyl halides is 3. The van der Waals surface area contributed by atoms with E-state index in [2.05, 4.69) is 9.44 Å². The monoisotopic (exact) mass is 858 g/mol. The lowest BCUT2D eigenvalue weighted by atomic mass is 10.00. The van der Waals surface area contributed by atoms with Crippen LogP contribution in [0.15, 0.2) is 149 Å². The van der Waals surface area contributed by atoms with Gasteiger partial charge in [0.25, 0.3) is 20.0 Å². The molecule has 15 heteroatoms. The minimum Gasteiger partial charge on any atom is -0.478 e. The fourth-order valence-electron chi connectivity index (χ4n) is 6.49. The smallest absolute Gasteiger partial charge is 0.417 e. The summed E-state index contributed by atoms with van der Waals surface area (Å²) in [6.07, 6.45) is -2.85. The molecule has 4 N–H and O–H groups in total. The van der Waals surface area contributed by atoms with E-state index in [1.807, 2.05) is 25.1 Å². The first-order valence-corrected chi connectivity index (χ1v) is 21.4. The standard InChI is InChI=1S/C23H23NO4S.C22H18F3NO4S/c1-16-10-13-22(17(2)14-16)29(27,28)24-20-8-5-6-18(15-20)11-12-19-7-3-4-9-21(19)23(25)26;23-22(24,25)19-10-3-4-11-20(19)31(29,30)26-17-8-5-6-15(14-17)12-13-16-7-1-2-9-18(16)21(27)28/h3-10,13-15,24H,11-12H2,1-2H3,(H,25,26);1-11,14,26H,12-13H2,(H,27,28). The van der Waals surface area contributed by atoms with Gasteiger partial charge in [-0.1, -0.05) is 90.5 Å². The molecule has 0 atom stereocenters. The predicted molar refractivity (Wildman–Crippen MR) is 223 cm³/mol. The summed E-state index contributed by atoms with van der Waals surface area (Å²) in [5, 5.41) is 18.6. The Bertz CT molecular complexity index is 2740. The molecule has 0 fully saturated rings. The third kappa shape index (κ3) is 11.8. The highest BCUT2D eigenvalue weighted by Gasteiger charge is 2.37. The van der Waals surface area contributed by atoms with Crippen LogP contribution in [0.5, 0.6) is 0 Å². The molecule has 0 spiro atoms. The van der Waals surface area contributed by atoms with E-state index < -0.39 is 48.6 Å². The van der Waals surface area contributed by atoms with Gasteiger partial charge in [-0.15, -0.1) is 0 Å². The van der Waals surface area contributed by atoms with Gasteiger partial charge in [0.15, 0.2) is 0 Å². The summed E-state index contributed by atoms with van der Waals surface area (Å²) in [4.78, 5) is 22.1. The Morgan fingerprint density at radius 2 is 0.983 bits per heavy atom. The number of halogens is 3. The number of anilines is 2. The first kappa shape index (κ1) is 44.6. The second-order valence-electron chi connectivity index (χ2n) is 13.8. The molecule has 6 aromatic rings. The number of carbonyl (C=O) groups is 2. The number of hydrogen-bond donors (Lipinski definition) is 4. The summed E-state index contributed by atoms with van der Waals surface area (Å²) < 4.78 is 95.2. The maximum absolute atomic E-state index is 13.2. The summed E-state index contributed by atoms with van der Waals surface area (Å²) >= 11 is 0. The van der Waals surface area contributed by atoms with Crippen LogP contribution in [0, 0.1) is 13.8 Å². The highest BCUT2D eigenvalue weighted by atomic mass is 32.2. The Morgan fingerprint density at radius 3 is 1.45 bits per heavy atom. The summed E-state index contributed by atoms with van der Waals surface area (Å²) in [7, 11) is -8.17. The van der Waals surface area contributed by atoms with Crippen LogP contribution in [0.25, 0.3) is 0 Å². The van der Waals surface area contributed by atoms with Gasteiger partial charge >= 0.3 is 18.1 Å². The Labute approximate surface area is 346 Å². The van der Waals surface area contributed by atoms with Gasteiger partial charge in [-0.3, -0.25) is 9.44 Å². The van der Waals surface area contributed by atoms with E-state index in [0.29, 0.717) is 59.7 Å². The lowest BCUT2D eigenvalue weighted by Crippen LogP contribution is -2.19. The molecule has 0 aromatic heterocycles. The number of aryl methyl sites for hydroxylation is 6. The molecule has 0 bridgehead atoms. The first-order chi connectivity index (χ1) is 28.3. The molecular weight excluding hydrogens is 818 g/mol. The van der Waals surface area contributed by atoms with Crippen molar-refractivity contribution < 1.29 is 49.8 Å². The van der Waals surface area contributed by atoms with Crippen molar-refractivity contribution in [3.8, 4) is 0 Å². The molecule has 0 saturated carbocycles. The van der Waals surface area contributed by atoms with Gasteiger partial charge in [0.2, 0.25) is 0 Å². The third-order valence-corrected chi connectivity index (χ3v) is 12.3. The Morgan fingerprint density at radius 1 is 0.533 bits per heavy atom. The molecule has 0 aliphatic heterocycles. The van der Waals surface area contributed by atoms with Gasteiger partial charge in [-0.2, -0.15) is 13.2 Å². The highest BCUT2D eigenvalue weighted by molar-refractivity contribution is 7.93. The number of sulfonamides is 2. The highest BCUT2D eigenvalue weighted by Crippen LogP contribution is 2.35. The first-order valence-electron chi connectivity index (χ1n) is 18.4. The van der Waals surface area contributed by atoms with Crippen LogP contribution in [0.2, 0.25) is 0 Å². The molecule has 6 aromatic carbocycles. The van der Waals surface area contributed by atoms with Crippen LogP contribution in [0.4, 0.5) is 24.5 Å². The summed E-state index contributed by atoms with van der Waals surface area (Å²) in [6, 6.07) is 36.1. The quantitative estimate of drug-likeness (QED) is 0.0841. The summed E-state index contributed by atoms with van der Waals surface area (Å²) in [5.74, 6) is -1.99. The second-order valence-corrected chi connectivity index (χ2v) is 17.1. The minimum atomic E-state index is -4.81. The lowest BCUT2D eigenvalue weighted by Gasteiger charge is -2.15. The van der Waals surface area contributed by atoms with Crippen molar-refractivity contribution in [3.05, 3.63) is 190 Å². The van der Waals surface area contributed by atoms with E-state index in [1.165, 1.54) is 24.3 Å². The van der Waals surface area contributed by atoms with Crippen LogP contribution in [0.3, 0.4) is 0 Å². The molecule has 0 radical (unpaired) electrons. The maximum atomic E-state index is 13.2. The Kier molecular flexibility index (Phi) is 14.2. The van der Waals surface area contributed by atoms with Gasteiger partial charge in [0.1, 0.15) is 0 Å². The van der Waals surface area contributed by atoms with E-state index in [1.54, 1.807) is 85.8 Å². The molecular formula is C45H41F3N2O8S2. The maximum Gasteiger partial charge on any atom is 0.417 e. The molecule has 0 heterocycles. The summed E-state index contributed by atoms with van der Waals surface area (Å²) in [6.45, 7) is 3.70. The van der Waals surface area contributed by atoms with E-state index in [9.17, 15) is 49.8 Å². The van der Waals surface area contributed by atoms with Gasteiger partial charge in [0, 0.05) is 11.4 Å². The molecule has 0 amide bonds. The fourth-order valence-corrected chi connectivity index (χ4v) is 9.04. The van der Waals surface area contributed by atoms with Crippen molar-refractivity contribution in [2.24, 2.45) is 0 Å². The van der Waals surface area contributed by atoms with Crippen molar-refractivity contribution in [1.82, 2.24) is 0 Å². The lowest BCUT2D eigenvalue weighted by molar-refractivity contribution is -0.139. The predicted octanol–water partition coefficient (Wildman–Crippen LogP) is 9.58. The zero-order chi connectivity index (χ0) is 43.7. The number of aromatic carboxylic acids is 2. The van der Waals surface area contributed by atoms with E-state index in [-0.39, 0.29) is 16.1 Å². The van der Waals surface area contributed by atoms with Crippen LogP contribution < -0.4 is 9.44 Å². The number of carboxylic acid groups (broad SMARTS) is 2. The van der Waals surface area contributed by atoms with Crippen LogP contribution in [0.1, 0.15) is 59.7 Å². The number of benzene rings is 6. The van der Waals surface area contributed by atoms with E-state index in [4.69, 9.17) is 0 Å². The van der Waals surface area contributed by atoms with Gasteiger partial charge in [0.05, 0.1) is 26.5 Å². The van der Waals surface area contributed by atoms with Crippen molar-refractivity contribution in [2.75, 3.05) is 9.44 Å². The summed E-state index contributed by atoms with van der Waals surface area (Å²) in [5.41, 5.74) is 4.52. The molecule has 10 nitrogen and oxygen atoms in total. The molecule has 6 rings (SSSR count). The van der Waals surface area contributed by atoms with Crippen molar-refractivity contribution >= 4 is 43.4 Å². The number of carboxylic acids is 2. The van der Waals surface area contributed by atoms with Gasteiger partial charge in [-0.25, -0.2) is 26.4 Å². The average Bonchev–Trinajstić information content (AvgIpc) is 3.19. The number of hydrogen-bond acceptors (Lipinski definition) is 6. The Balaban J connectivity index is 0.000000228. The van der Waals surface area contributed by atoms with Crippen molar-refractivity contribution in [2.45, 2.75) is 55.5 Å². The normalized spacial score (nSPS) is 11.6. The van der Waals surface area contributed by atoms with Crippen molar-refractivity contribution in [1.29, 1.82) is 0 Å². The van der Waals surface area contributed by atoms with E-state index in [0.717, 1.165) is 28.8 Å². The van der Waals surface area contributed by atoms with Crippen LogP contribution in [-0.4, -0.2) is 39.0 Å².